The second-order valence-corrected chi connectivity index (χ2v) is 9.76. The summed E-state index contributed by atoms with van der Waals surface area (Å²) in [6.45, 7) is 6.30. The molecule has 1 aromatic rings. The lowest BCUT2D eigenvalue weighted by atomic mass is 10.1. The molecule has 0 saturated carbocycles. The average molecular weight is 424 g/mol. The van der Waals surface area contributed by atoms with Crippen LogP contribution in [0.3, 0.4) is 0 Å². The van der Waals surface area contributed by atoms with E-state index in [1.165, 1.54) is 0 Å². The molecule has 0 aromatic heterocycles. The molecule has 8 heteroatoms. The van der Waals surface area contributed by atoms with Crippen LogP contribution in [0.15, 0.2) is 35.3 Å². The highest BCUT2D eigenvalue weighted by Gasteiger charge is 2.32. The van der Waals surface area contributed by atoms with Crippen LogP contribution in [0.2, 0.25) is 0 Å². The Morgan fingerprint density at radius 2 is 2.00 bits per heavy atom. The van der Waals surface area contributed by atoms with Crippen molar-refractivity contribution in [1.82, 2.24) is 10.2 Å². The van der Waals surface area contributed by atoms with E-state index in [9.17, 15) is 8.42 Å². The van der Waals surface area contributed by atoms with Crippen molar-refractivity contribution in [3.05, 3.63) is 35.9 Å². The van der Waals surface area contributed by atoms with Gasteiger partial charge in [-0.15, -0.1) is 0 Å². The minimum atomic E-state index is -3.13. The van der Waals surface area contributed by atoms with Crippen LogP contribution in [0.1, 0.15) is 31.7 Å². The van der Waals surface area contributed by atoms with Gasteiger partial charge in [-0.2, -0.15) is 0 Å². The van der Waals surface area contributed by atoms with E-state index in [-0.39, 0.29) is 23.7 Å². The van der Waals surface area contributed by atoms with Crippen molar-refractivity contribution >= 4 is 15.8 Å². The zero-order chi connectivity index (χ0) is 20.5. The molecule has 0 aliphatic carbocycles. The highest BCUT2D eigenvalue weighted by Crippen LogP contribution is 2.21. The van der Waals surface area contributed by atoms with Crippen molar-refractivity contribution in [3.63, 3.8) is 0 Å². The molecule has 2 fully saturated rings. The number of hydrogen-bond acceptors (Lipinski definition) is 5. The van der Waals surface area contributed by atoms with Gasteiger partial charge in [-0.05, 0) is 31.7 Å². The Hall–Kier alpha value is -1.64. The van der Waals surface area contributed by atoms with Gasteiger partial charge in [0, 0.05) is 32.8 Å². The van der Waals surface area contributed by atoms with Gasteiger partial charge in [0.1, 0.15) is 6.10 Å². The van der Waals surface area contributed by atoms with Gasteiger partial charge in [0.25, 0.3) is 0 Å². The van der Waals surface area contributed by atoms with E-state index in [1.54, 1.807) is 0 Å². The molecule has 0 spiro atoms. The Morgan fingerprint density at radius 3 is 2.72 bits per heavy atom. The Morgan fingerprint density at radius 1 is 1.21 bits per heavy atom. The Balaban J connectivity index is 1.50. The fourth-order valence-electron chi connectivity index (χ4n) is 3.78. The summed E-state index contributed by atoms with van der Waals surface area (Å²) in [6, 6.07) is 9.32. The molecular weight excluding hydrogens is 390 g/mol. The lowest BCUT2D eigenvalue weighted by Crippen LogP contribution is -2.53. The molecule has 29 heavy (non-hydrogen) atoms. The SMILES string of the molecule is CCNC(=NCCCS(=O)(=O)Cc1ccccc1)N1CCOC(C2CCCO2)C1. The molecule has 2 aliphatic heterocycles. The van der Waals surface area contributed by atoms with Gasteiger partial charge in [0.2, 0.25) is 0 Å². The third kappa shape index (κ3) is 6.97. The molecule has 2 unspecified atom stereocenters. The first kappa shape index (κ1) is 22.1. The van der Waals surface area contributed by atoms with Gasteiger partial charge < -0.3 is 19.7 Å². The number of ether oxygens (including phenoxy) is 2. The maximum atomic E-state index is 12.4. The van der Waals surface area contributed by atoms with Crippen molar-refractivity contribution in [2.45, 2.75) is 44.1 Å². The molecule has 2 heterocycles. The maximum absolute atomic E-state index is 12.4. The van der Waals surface area contributed by atoms with Gasteiger partial charge in [-0.25, -0.2) is 8.42 Å². The van der Waals surface area contributed by atoms with Crippen LogP contribution in [-0.2, 0) is 25.1 Å². The molecule has 0 bridgehead atoms. The summed E-state index contributed by atoms with van der Waals surface area (Å²) in [5.41, 5.74) is 0.831. The largest absolute Gasteiger partial charge is 0.375 e. The predicted octanol–water partition coefficient (Wildman–Crippen LogP) is 1.84. The second-order valence-electron chi connectivity index (χ2n) is 7.57. The molecule has 2 aliphatic rings. The monoisotopic (exact) mass is 423 g/mol. The minimum Gasteiger partial charge on any atom is -0.375 e. The van der Waals surface area contributed by atoms with Gasteiger partial charge >= 0.3 is 0 Å². The van der Waals surface area contributed by atoms with Crippen LogP contribution in [0.4, 0.5) is 0 Å². The zero-order valence-electron chi connectivity index (χ0n) is 17.3. The first-order valence-corrected chi connectivity index (χ1v) is 12.4. The molecule has 0 amide bonds. The van der Waals surface area contributed by atoms with Crippen LogP contribution in [-0.4, -0.2) is 76.6 Å². The van der Waals surface area contributed by atoms with E-state index in [1.807, 2.05) is 37.3 Å². The Labute approximate surface area is 174 Å². The topological polar surface area (TPSA) is 80.2 Å². The van der Waals surface area contributed by atoms with E-state index < -0.39 is 9.84 Å². The lowest BCUT2D eigenvalue weighted by molar-refractivity contribution is -0.0817. The first-order valence-electron chi connectivity index (χ1n) is 10.6. The van der Waals surface area contributed by atoms with Crippen molar-refractivity contribution < 1.29 is 17.9 Å². The van der Waals surface area contributed by atoms with Gasteiger partial charge in [0.05, 0.1) is 24.2 Å². The van der Waals surface area contributed by atoms with Crippen LogP contribution in [0.5, 0.6) is 0 Å². The number of nitrogens with zero attached hydrogens (tertiary/aromatic N) is 2. The standard InChI is InChI=1S/C21H33N3O4S/c1-2-22-21(24-12-14-28-20(16-24)19-10-6-13-27-19)23-11-7-15-29(25,26)17-18-8-4-3-5-9-18/h3-5,8-9,19-20H,2,6-7,10-17H2,1H3,(H,22,23). The first-order chi connectivity index (χ1) is 14.1. The number of rotatable bonds is 8. The molecular formula is C21H33N3O4S. The molecule has 1 aromatic carbocycles. The highest BCUT2D eigenvalue weighted by molar-refractivity contribution is 7.90. The molecule has 2 saturated heterocycles. The fourth-order valence-corrected chi connectivity index (χ4v) is 5.20. The molecule has 2 atom stereocenters. The maximum Gasteiger partial charge on any atom is 0.194 e. The summed E-state index contributed by atoms with van der Waals surface area (Å²) < 4.78 is 36.4. The highest BCUT2D eigenvalue weighted by atomic mass is 32.2. The smallest absolute Gasteiger partial charge is 0.194 e. The third-order valence-electron chi connectivity index (χ3n) is 5.21. The van der Waals surface area contributed by atoms with E-state index in [4.69, 9.17) is 9.47 Å². The number of benzene rings is 1. The van der Waals surface area contributed by atoms with Gasteiger partial charge in [-0.3, -0.25) is 4.99 Å². The number of sulfone groups is 1. The van der Waals surface area contributed by atoms with Crippen LogP contribution < -0.4 is 5.32 Å². The van der Waals surface area contributed by atoms with Crippen LogP contribution in [0, 0.1) is 0 Å². The van der Waals surface area contributed by atoms with E-state index in [0.717, 1.165) is 50.6 Å². The summed E-state index contributed by atoms with van der Waals surface area (Å²) in [6.07, 6.45) is 2.90. The van der Waals surface area contributed by atoms with Crippen molar-refractivity contribution in [3.8, 4) is 0 Å². The van der Waals surface area contributed by atoms with E-state index >= 15 is 0 Å². The number of hydrogen-bond donors (Lipinski definition) is 1. The van der Waals surface area contributed by atoms with Crippen molar-refractivity contribution in [2.24, 2.45) is 4.99 Å². The normalized spacial score (nSPS) is 23.3. The Kier molecular flexibility index (Phi) is 8.32. The summed E-state index contributed by atoms with van der Waals surface area (Å²) >= 11 is 0. The molecule has 7 nitrogen and oxygen atoms in total. The van der Waals surface area contributed by atoms with Crippen LogP contribution >= 0.6 is 0 Å². The third-order valence-corrected chi connectivity index (χ3v) is 6.90. The van der Waals surface area contributed by atoms with Crippen molar-refractivity contribution in [1.29, 1.82) is 0 Å². The number of guanidine groups is 1. The summed E-state index contributed by atoms with van der Waals surface area (Å²) in [7, 11) is -3.13. The molecule has 162 valence electrons. The summed E-state index contributed by atoms with van der Waals surface area (Å²) in [5, 5.41) is 3.33. The molecule has 3 rings (SSSR count). The molecule has 1 N–H and O–H groups in total. The van der Waals surface area contributed by atoms with Gasteiger partial charge in [0.15, 0.2) is 15.8 Å². The van der Waals surface area contributed by atoms with Gasteiger partial charge in [-0.1, -0.05) is 30.3 Å². The van der Waals surface area contributed by atoms with Crippen molar-refractivity contribution in [2.75, 3.05) is 45.1 Å². The zero-order valence-corrected chi connectivity index (χ0v) is 18.1. The molecule has 0 radical (unpaired) electrons. The summed E-state index contributed by atoms with van der Waals surface area (Å²) in [5.74, 6) is 1.07. The predicted molar refractivity (Wildman–Crippen MR) is 115 cm³/mol. The quantitative estimate of drug-likeness (QED) is 0.390. The minimum absolute atomic E-state index is 0.0707. The number of aliphatic imine (C=N–C) groups is 1. The number of morpholine rings is 1. The lowest BCUT2D eigenvalue weighted by Gasteiger charge is -2.37. The fraction of sp³-hybridized carbons (Fsp3) is 0.667. The second kappa shape index (κ2) is 10.9. The summed E-state index contributed by atoms with van der Waals surface area (Å²) in [4.78, 5) is 6.89. The average Bonchev–Trinajstić information content (AvgIpc) is 3.26. The van der Waals surface area contributed by atoms with E-state index in [0.29, 0.717) is 19.6 Å². The Bertz CT molecular complexity index is 748. The van der Waals surface area contributed by atoms with E-state index in [2.05, 4.69) is 15.2 Å². The van der Waals surface area contributed by atoms with Crippen LogP contribution in [0.25, 0.3) is 0 Å². The number of nitrogens with one attached hydrogen (secondary N) is 1.